The summed E-state index contributed by atoms with van der Waals surface area (Å²) in [5.41, 5.74) is 4.38. The Morgan fingerprint density at radius 1 is 1.06 bits per heavy atom. The summed E-state index contributed by atoms with van der Waals surface area (Å²) in [5, 5.41) is 10.5. The molecule has 1 atom stereocenters. The molecule has 0 spiro atoms. The number of carbonyl (C=O) groups is 1. The number of aliphatic hydroxyl groups excluding tert-OH is 1. The van der Waals surface area contributed by atoms with Crippen LogP contribution in [0, 0.1) is 6.92 Å². The highest BCUT2D eigenvalue weighted by atomic mass is 16.5. The van der Waals surface area contributed by atoms with Crippen LogP contribution in [-0.4, -0.2) is 61.2 Å². The molecule has 3 rings (SSSR count). The molecule has 31 heavy (non-hydrogen) atoms. The molecule has 0 aromatic heterocycles. The molecule has 0 aliphatic carbocycles. The number of ether oxygens (including phenoxy) is 1. The van der Waals surface area contributed by atoms with Crippen LogP contribution in [0.3, 0.4) is 0 Å². The predicted octanol–water partition coefficient (Wildman–Crippen LogP) is 4.06. The molecular formula is C26H36N2O3. The molecule has 1 aliphatic rings. The number of nitrogens with zero attached hydrogens (tertiary/aromatic N) is 2. The normalized spacial score (nSPS) is 16.3. The summed E-state index contributed by atoms with van der Waals surface area (Å²) in [7, 11) is 0. The van der Waals surface area contributed by atoms with Gasteiger partial charge in [0.05, 0.1) is 0 Å². The van der Waals surface area contributed by atoms with Gasteiger partial charge in [0.25, 0.3) is 0 Å². The molecule has 1 N–H and O–H groups in total. The van der Waals surface area contributed by atoms with Crippen molar-refractivity contribution in [1.82, 2.24) is 4.90 Å². The van der Waals surface area contributed by atoms with E-state index in [9.17, 15) is 9.90 Å². The average molecular weight is 425 g/mol. The zero-order valence-electron chi connectivity index (χ0n) is 19.5. The molecule has 168 valence electrons. The minimum absolute atomic E-state index is 0.0907. The van der Waals surface area contributed by atoms with Gasteiger partial charge in [-0.05, 0) is 60.7 Å². The Morgan fingerprint density at radius 2 is 1.71 bits per heavy atom. The van der Waals surface area contributed by atoms with Crippen LogP contribution in [0.5, 0.6) is 5.75 Å². The minimum Gasteiger partial charge on any atom is -0.491 e. The van der Waals surface area contributed by atoms with Crippen molar-refractivity contribution in [1.29, 1.82) is 0 Å². The van der Waals surface area contributed by atoms with Gasteiger partial charge in [0, 0.05) is 44.0 Å². The summed E-state index contributed by atoms with van der Waals surface area (Å²) < 4.78 is 5.91. The number of anilines is 1. The maximum atomic E-state index is 11.4. The molecule has 2 aromatic carbocycles. The van der Waals surface area contributed by atoms with E-state index in [1.807, 2.05) is 30.3 Å². The Kier molecular flexibility index (Phi) is 7.39. The van der Waals surface area contributed by atoms with Gasteiger partial charge in [0.1, 0.15) is 18.5 Å². The molecule has 0 amide bonds. The summed E-state index contributed by atoms with van der Waals surface area (Å²) in [6.45, 7) is 14.7. The van der Waals surface area contributed by atoms with Crippen molar-refractivity contribution >= 4 is 11.5 Å². The molecule has 2 aromatic rings. The number of Topliss-reactive ketones (excluding diaryl/α,β-unsaturated/α-hetero) is 1. The monoisotopic (exact) mass is 424 g/mol. The predicted molar refractivity (Wildman–Crippen MR) is 126 cm³/mol. The number of rotatable bonds is 7. The van der Waals surface area contributed by atoms with E-state index in [4.69, 9.17) is 4.74 Å². The SMILES string of the molecule is CC(=O)c1ccc(N2CCN(CC(O)COc3ccc(C(C)(C)C)cc3C)CC2)cc1. The molecule has 0 radical (unpaired) electrons. The van der Waals surface area contributed by atoms with Gasteiger partial charge in [0.15, 0.2) is 5.78 Å². The lowest BCUT2D eigenvalue weighted by molar-refractivity contribution is 0.0660. The second-order valence-electron chi connectivity index (χ2n) is 9.59. The van der Waals surface area contributed by atoms with Crippen LogP contribution in [0.4, 0.5) is 5.69 Å². The summed E-state index contributed by atoms with van der Waals surface area (Å²) in [4.78, 5) is 16.0. The van der Waals surface area contributed by atoms with Crippen molar-refractivity contribution in [2.24, 2.45) is 0 Å². The van der Waals surface area contributed by atoms with E-state index < -0.39 is 6.10 Å². The molecule has 1 unspecified atom stereocenters. The summed E-state index contributed by atoms with van der Waals surface area (Å²) in [6.07, 6.45) is -0.525. The van der Waals surface area contributed by atoms with Gasteiger partial charge in [-0.1, -0.05) is 32.9 Å². The van der Waals surface area contributed by atoms with E-state index in [1.54, 1.807) is 6.92 Å². The second-order valence-corrected chi connectivity index (χ2v) is 9.59. The molecular weight excluding hydrogens is 388 g/mol. The van der Waals surface area contributed by atoms with Crippen molar-refractivity contribution in [3.8, 4) is 5.75 Å². The molecule has 0 bridgehead atoms. The smallest absolute Gasteiger partial charge is 0.159 e. The first kappa shape index (κ1) is 23.3. The third kappa shape index (κ3) is 6.31. The Balaban J connectivity index is 1.45. The van der Waals surface area contributed by atoms with E-state index >= 15 is 0 Å². The fourth-order valence-corrected chi connectivity index (χ4v) is 3.91. The highest BCUT2D eigenvalue weighted by Gasteiger charge is 2.20. The molecule has 1 heterocycles. The van der Waals surface area contributed by atoms with Gasteiger partial charge in [0.2, 0.25) is 0 Å². The van der Waals surface area contributed by atoms with Crippen LogP contribution >= 0.6 is 0 Å². The van der Waals surface area contributed by atoms with Crippen LogP contribution in [0.15, 0.2) is 42.5 Å². The third-order valence-corrected chi connectivity index (χ3v) is 5.95. The maximum Gasteiger partial charge on any atom is 0.159 e. The molecule has 5 heteroatoms. The van der Waals surface area contributed by atoms with Crippen molar-refractivity contribution in [2.45, 2.75) is 46.1 Å². The van der Waals surface area contributed by atoms with E-state index in [2.05, 4.69) is 49.6 Å². The van der Waals surface area contributed by atoms with Gasteiger partial charge in [-0.3, -0.25) is 9.69 Å². The molecule has 5 nitrogen and oxygen atoms in total. The van der Waals surface area contributed by atoms with Crippen molar-refractivity contribution < 1.29 is 14.6 Å². The maximum absolute atomic E-state index is 11.4. The van der Waals surface area contributed by atoms with Crippen LogP contribution in [0.1, 0.15) is 49.2 Å². The van der Waals surface area contributed by atoms with Crippen molar-refractivity contribution in [3.63, 3.8) is 0 Å². The Morgan fingerprint density at radius 3 is 2.26 bits per heavy atom. The fourth-order valence-electron chi connectivity index (χ4n) is 3.91. The van der Waals surface area contributed by atoms with Crippen LogP contribution in [0.2, 0.25) is 0 Å². The Labute approximate surface area is 186 Å². The van der Waals surface area contributed by atoms with Gasteiger partial charge < -0.3 is 14.7 Å². The second kappa shape index (κ2) is 9.84. The third-order valence-electron chi connectivity index (χ3n) is 5.95. The number of hydrogen-bond donors (Lipinski definition) is 1. The molecule has 1 aliphatic heterocycles. The van der Waals surface area contributed by atoms with Gasteiger partial charge in [-0.15, -0.1) is 0 Å². The van der Waals surface area contributed by atoms with Crippen LogP contribution < -0.4 is 9.64 Å². The minimum atomic E-state index is -0.525. The van der Waals surface area contributed by atoms with Crippen LogP contribution in [-0.2, 0) is 5.41 Å². The Bertz CT molecular complexity index is 879. The topological polar surface area (TPSA) is 53.0 Å². The number of carbonyl (C=O) groups excluding carboxylic acids is 1. The molecule has 1 saturated heterocycles. The molecule has 0 saturated carbocycles. The molecule has 1 fully saturated rings. The number of aryl methyl sites for hydroxylation is 1. The van der Waals surface area contributed by atoms with E-state index in [-0.39, 0.29) is 11.2 Å². The number of aliphatic hydroxyl groups is 1. The van der Waals surface area contributed by atoms with E-state index in [0.717, 1.165) is 48.7 Å². The summed E-state index contributed by atoms with van der Waals surface area (Å²) >= 11 is 0. The first-order valence-corrected chi connectivity index (χ1v) is 11.1. The highest BCUT2D eigenvalue weighted by Crippen LogP contribution is 2.27. The zero-order chi connectivity index (χ0) is 22.6. The zero-order valence-corrected chi connectivity index (χ0v) is 19.5. The van der Waals surface area contributed by atoms with Gasteiger partial charge >= 0.3 is 0 Å². The number of piperazine rings is 1. The Hall–Kier alpha value is -2.37. The van der Waals surface area contributed by atoms with Gasteiger partial charge in [-0.2, -0.15) is 0 Å². The number of benzene rings is 2. The van der Waals surface area contributed by atoms with E-state index in [0.29, 0.717) is 13.2 Å². The first-order chi connectivity index (χ1) is 14.6. The first-order valence-electron chi connectivity index (χ1n) is 11.1. The van der Waals surface area contributed by atoms with Crippen molar-refractivity contribution in [3.05, 3.63) is 59.2 Å². The lowest BCUT2D eigenvalue weighted by atomic mass is 9.86. The lowest BCUT2D eigenvalue weighted by Gasteiger charge is -2.37. The standard InChI is InChI=1S/C26H36N2O3/c1-19-16-22(26(3,4)5)8-11-25(19)31-18-24(30)17-27-12-14-28(15-13-27)23-9-6-21(7-10-23)20(2)29/h6-11,16,24,30H,12-15,17-18H2,1-5H3. The quantitative estimate of drug-likeness (QED) is 0.680. The average Bonchev–Trinajstić information content (AvgIpc) is 2.73. The van der Waals surface area contributed by atoms with Gasteiger partial charge in [-0.25, -0.2) is 0 Å². The number of ketones is 1. The highest BCUT2D eigenvalue weighted by molar-refractivity contribution is 5.94. The number of hydrogen-bond acceptors (Lipinski definition) is 5. The lowest BCUT2D eigenvalue weighted by Crippen LogP contribution is -2.49. The number of β-amino-alcohol motifs (C(OH)–C–C–N with tert-alkyl or cyclic N) is 1. The fraction of sp³-hybridized carbons (Fsp3) is 0.500. The van der Waals surface area contributed by atoms with Crippen LogP contribution in [0.25, 0.3) is 0 Å². The van der Waals surface area contributed by atoms with E-state index in [1.165, 1.54) is 5.56 Å². The summed E-state index contributed by atoms with van der Waals surface area (Å²) in [5.74, 6) is 0.929. The largest absolute Gasteiger partial charge is 0.491 e. The van der Waals surface area contributed by atoms with Crippen molar-refractivity contribution in [2.75, 3.05) is 44.2 Å². The summed E-state index contributed by atoms with van der Waals surface area (Å²) in [6, 6.07) is 14.1.